The van der Waals surface area contributed by atoms with Gasteiger partial charge in [0.2, 0.25) is 17.4 Å². The SMILES string of the molecule is CN(C(=O)[C@H](CC1CC1)NC(=O)C(F)(F)F)[C@@H](CC1CC1)C(=O)N1C[C@@]2(C[C@H]1C#N)Oc1c(C#N)cccc1NC2=O. The number of fused-ring (bicyclic) bond motifs is 1. The first-order valence-electron chi connectivity index (χ1n) is 13.7. The Morgan fingerprint density at radius 3 is 2.45 bits per heavy atom. The van der Waals surface area contributed by atoms with E-state index in [0.29, 0.717) is 0 Å². The first-order chi connectivity index (χ1) is 19.9. The number of nitrogens with one attached hydrogen (secondary N) is 2. The summed E-state index contributed by atoms with van der Waals surface area (Å²) in [4.78, 5) is 54.8. The zero-order valence-corrected chi connectivity index (χ0v) is 22.7. The summed E-state index contributed by atoms with van der Waals surface area (Å²) >= 11 is 0. The first kappa shape index (κ1) is 29.2. The van der Waals surface area contributed by atoms with Crippen molar-refractivity contribution >= 4 is 29.3 Å². The van der Waals surface area contributed by atoms with Crippen LogP contribution in [-0.2, 0) is 19.2 Å². The van der Waals surface area contributed by atoms with Gasteiger partial charge < -0.3 is 25.2 Å². The van der Waals surface area contributed by atoms with E-state index in [4.69, 9.17) is 4.74 Å². The number of alkyl halides is 3. The average Bonchev–Trinajstić information content (AvgIpc) is 3.89. The number of likely N-dealkylation sites (tertiary alicyclic amines) is 1. The minimum Gasteiger partial charge on any atom is -0.472 e. The van der Waals surface area contributed by atoms with Gasteiger partial charge in [0, 0.05) is 13.5 Å². The van der Waals surface area contributed by atoms with E-state index >= 15 is 0 Å². The van der Waals surface area contributed by atoms with E-state index in [-0.39, 0.29) is 54.6 Å². The van der Waals surface area contributed by atoms with Gasteiger partial charge in [-0.2, -0.15) is 23.7 Å². The molecule has 5 rings (SSSR count). The van der Waals surface area contributed by atoms with Crippen LogP contribution in [0.25, 0.3) is 0 Å². The maximum atomic E-state index is 14.0. The Kier molecular flexibility index (Phi) is 7.51. The van der Waals surface area contributed by atoms with E-state index in [1.807, 2.05) is 12.1 Å². The van der Waals surface area contributed by atoms with Crippen LogP contribution < -0.4 is 15.4 Å². The lowest BCUT2D eigenvalue weighted by Crippen LogP contribution is -2.58. The molecule has 0 bridgehead atoms. The summed E-state index contributed by atoms with van der Waals surface area (Å²) in [6.45, 7) is -0.339. The van der Waals surface area contributed by atoms with E-state index < -0.39 is 53.5 Å². The maximum absolute atomic E-state index is 14.0. The Labute approximate surface area is 239 Å². The molecule has 4 atom stereocenters. The molecule has 2 aliphatic heterocycles. The highest BCUT2D eigenvalue weighted by atomic mass is 19.4. The van der Waals surface area contributed by atoms with Crippen LogP contribution in [-0.4, -0.2) is 76.9 Å². The highest BCUT2D eigenvalue weighted by molar-refractivity contribution is 6.02. The van der Waals surface area contributed by atoms with Crippen molar-refractivity contribution in [3.8, 4) is 17.9 Å². The fourth-order valence-corrected chi connectivity index (χ4v) is 5.60. The molecule has 2 N–H and O–H groups in total. The number of benzene rings is 1. The van der Waals surface area contributed by atoms with Crippen LogP contribution in [0.4, 0.5) is 18.9 Å². The minimum atomic E-state index is -5.18. The fourth-order valence-electron chi connectivity index (χ4n) is 5.60. The largest absolute Gasteiger partial charge is 0.472 e. The van der Waals surface area contributed by atoms with Crippen molar-refractivity contribution in [1.29, 1.82) is 10.5 Å². The maximum Gasteiger partial charge on any atom is 0.471 e. The number of nitrogens with zero attached hydrogens (tertiary/aromatic N) is 4. The van der Waals surface area contributed by atoms with E-state index in [2.05, 4.69) is 5.32 Å². The average molecular weight is 587 g/mol. The van der Waals surface area contributed by atoms with Crippen molar-refractivity contribution in [2.75, 3.05) is 18.9 Å². The van der Waals surface area contributed by atoms with Gasteiger partial charge in [0.15, 0.2) is 5.75 Å². The zero-order chi connectivity index (χ0) is 30.4. The molecule has 2 aliphatic carbocycles. The standard InChI is InChI=1S/C28H29F3N6O5/c1-36(23(38)20(9-15-5-6-15)35-26(41)28(29,30)31)21(10-16-7-8-16)24(39)37-14-27(11-18(37)13-33)25(40)34-19-4-2-3-17(12-32)22(19)42-27/h2-4,15-16,18,20-21H,5-11,14H2,1H3,(H,34,40)(H,35,41)/t18-,20-,21-,27+/m0/s1. The molecule has 1 aromatic carbocycles. The van der Waals surface area contributed by atoms with Crippen LogP contribution in [0.2, 0.25) is 0 Å². The molecular formula is C28H29F3N6O5. The predicted octanol–water partition coefficient (Wildman–Crippen LogP) is 2.23. The Hall–Kier alpha value is -4.33. The summed E-state index contributed by atoms with van der Waals surface area (Å²) in [5.41, 5.74) is -1.23. The molecule has 4 amide bonds. The molecular weight excluding hydrogens is 557 g/mol. The number of amides is 4. The molecule has 3 fully saturated rings. The van der Waals surface area contributed by atoms with Crippen molar-refractivity contribution in [2.45, 2.75) is 74.8 Å². The van der Waals surface area contributed by atoms with Crippen molar-refractivity contribution in [3.05, 3.63) is 23.8 Å². The van der Waals surface area contributed by atoms with Gasteiger partial charge in [0.25, 0.3) is 5.91 Å². The molecule has 0 aromatic heterocycles. The Morgan fingerprint density at radius 2 is 1.86 bits per heavy atom. The normalized spacial score (nSPS) is 24.4. The summed E-state index contributed by atoms with van der Waals surface area (Å²) in [5.74, 6) is -4.10. The zero-order valence-electron chi connectivity index (χ0n) is 22.7. The predicted molar refractivity (Wildman–Crippen MR) is 138 cm³/mol. The quantitative estimate of drug-likeness (QED) is 0.473. The molecule has 14 heteroatoms. The van der Waals surface area contributed by atoms with Crippen LogP contribution in [0.5, 0.6) is 5.75 Å². The second kappa shape index (κ2) is 10.8. The van der Waals surface area contributed by atoms with Gasteiger partial charge in [-0.15, -0.1) is 0 Å². The number of carbonyl (C=O) groups excluding carboxylic acids is 4. The summed E-state index contributed by atoms with van der Waals surface area (Å²) in [6, 6.07) is 4.92. The third-order valence-corrected chi connectivity index (χ3v) is 8.33. The number of ether oxygens (including phenoxy) is 1. The molecule has 1 spiro atoms. The van der Waals surface area contributed by atoms with Crippen LogP contribution in [0.3, 0.4) is 0 Å². The van der Waals surface area contributed by atoms with E-state index in [1.54, 1.807) is 17.4 Å². The number of halogens is 3. The Balaban J connectivity index is 1.40. The van der Waals surface area contributed by atoms with E-state index in [1.165, 1.54) is 18.0 Å². The number of hydrogen-bond acceptors (Lipinski definition) is 7. The summed E-state index contributed by atoms with van der Waals surface area (Å²) in [6.07, 6.45) is -2.12. The van der Waals surface area contributed by atoms with Crippen molar-refractivity contribution < 1.29 is 37.1 Å². The smallest absolute Gasteiger partial charge is 0.471 e. The van der Waals surface area contributed by atoms with Gasteiger partial charge in [0.05, 0.1) is 23.9 Å². The topological polar surface area (TPSA) is 156 Å². The molecule has 2 saturated carbocycles. The van der Waals surface area contributed by atoms with Crippen LogP contribution >= 0.6 is 0 Å². The van der Waals surface area contributed by atoms with Crippen molar-refractivity contribution in [3.63, 3.8) is 0 Å². The number of hydrogen-bond donors (Lipinski definition) is 2. The van der Waals surface area contributed by atoms with Crippen LogP contribution in [0.1, 0.15) is 50.5 Å². The third-order valence-electron chi connectivity index (χ3n) is 8.33. The van der Waals surface area contributed by atoms with Crippen molar-refractivity contribution in [1.82, 2.24) is 15.1 Å². The van der Waals surface area contributed by atoms with Gasteiger partial charge >= 0.3 is 12.1 Å². The lowest BCUT2D eigenvalue weighted by atomic mass is 9.96. The molecule has 2 heterocycles. The Morgan fingerprint density at radius 1 is 1.19 bits per heavy atom. The molecule has 222 valence electrons. The van der Waals surface area contributed by atoms with Gasteiger partial charge in [0.1, 0.15) is 24.2 Å². The van der Waals surface area contributed by atoms with Crippen molar-refractivity contribution in [2.24, 2.45) is 11.8 Å². The first-order valence-corrected chi connectivity index (χ1v) is 13.7. The molecule has 42 heavy (non-hydrogen) atoms. The van der Waals surface area contributed by atoms with Gasteiger partial charge in [-0.05, 0) is 36.8 Å². The van der Waals surface area contributed by atoms with Crippen LogP contribution in [0, 0.1) is 34.5 Å². The lowest BCUT2D eigenvalue weighted by Gasteiger charge is -2.36. The lowest BCUT2D eigenvalue weighted by molar-refractivity contribution is -0.175. The number of nitriles is 2. The van der Waals surface area contributed by atoms with Gasteiger partial charge in [-0.25, -0.2) is 0 Å². The summed E-state index contributed by atoms with van der Waals surface area (Å²) < 4.78 is 45.2. The fraction of sp³-hybridized carbons (Fsp3) is 0.571. The molecule has 0 radical (unpaired) electrons. The second-order valence-corrected chi connectivity index (χ2v) is 11.5. The monoisotopic (exact) mass is 586 g/mol. The van der Waals surface area contributed by atoms with E-state index in [9.17, 15) is 42.9 Å². The molecule has 1 saturated heterocycles. The number of likely N-dealkylation sites (N-methyl/N-ethyl adjacent to an activating group) is 1. The molecule has 4 aliphatic rings. The summed E-state index contributed by atoms with van der Waals surface area (Å²) in [5, 5.41) is 24.0. The second-order valence-electron chi connectivity index (χ2n) is 11.5. The minimum absolute atomic E-state index is 0.0111. The number of carbonyl (C=O) groups is 4. The number of para-hydroxylation sites is 1. The van der Waals surface area contributed by atoms with Gasteiger partial charge in [-0.3, -0.25) is 19.2 Å². The summed E-state index contributed by atoms with van der Waals surface area (Å²) in [7, 11) is 1.30. The molecule has 0 unspecified atom stereocenters. The highest BCUT2D eigenvalue weighted by Crippen LogP contribution is 2.43. The van der Waals surface area contributed by atoms with E-state index in [0.717, 1.165) is 30.6 Å². The number of anilines is 1. The van der Waals surface area contributed by atoms with Crippen LogP contribution in [0.15, 0.2) is 18.2 Å². The highest BCUT2D eigenvalue weighted by Gasteiger charge is 2.57. The molecule has 1 aromatic rings. The third kappa shape index (κ3) is 5.71. The Bertz CT molecular complexity index is 1400. The molecule has 11 nitrogen and oxygen atoms in total. The number of rotatable bonds is 8. The van der Waals surface area contributed by atoms with Gasteiger partial charge in [-0.1, -0.05) is 31.7 Å².